The van der Waals surface area contributed by atoms with Crippen molar-refractivity contribution >= 4 is 11.5 Å². The van der Waals surface area contributed by atoms with E-state index in [1.807, 2.05) is 32.9 Å². The van der Waals surface area contributed by atoms with Crippen molar-refractivity contribution in [3.05, 3.63) is 23.5 Å². The lowest BCUT2D eigenvalue weighted by molar-refractivity contribution is 1.12. The molecule has 0 aliphatic heterocycles. The summed E-state index contributed by atoms with van der Waals surface area (Å²) in [7, 11) is 1.76. The molecule has 1 N–H and O–H groups in total. The highest BCUT2D eigenvalue weighted by Gasteiger charge is 1.99. The van der Waals surface area contributed by atoms with Crippen LogP contribution in [0.4, 0.5) is 5.69 Å². The van der Waals surface area contributed by atoms with Gasteiger partial charge in [0.05, 0.1) is 17.2 Å². The van der Waals surface area contributed by atoms with Gasteiger partial charge >= 0.3 is 0 Å². The number of pyridine rings is 1. The van der Waals surface area contributed by atoms with Crippen LogP contribution in [-0.2, 0) is 0 Å². The molecule has 0 atom stereocenters. The van der Waals surface area contributed by atoms with Crippen LogP contribution >= 0.6 is 0 Å². The van der Waals surface area contributed by atoms with Gasteiger partial charge in [0.25, 0.3) is 0 Å². The van der Waals surface area contributed by atoms with Gasteiger partial charge in [0.15, 0.2) is 0 Å². The molecular formula is C10H15N3. The summed E-state index contributed by atoms with van der Waals surface area (Å²) in [5.74, 6) is 0.897. The lowest BCUT2D eigenvalue weighted by Crippen LogP contribution is -2.08. The summed E-state index contributed by atoms with van der Waals surface area (Å²) in [5.41, 5.74) is 3.06. The molecule has 0 aromatic carbocycles. The number of hydrogen-bond donors (Lipinski definition) is 1. The minimum Gasteiger partial charge on any atom is -0.343 e. The summed E-state index contributed by atoms with van der Waals surface area (Å²) in [6.07, 6.45) is 0. The van der Waals surface area contributed by atoms with Crippen molar-refractivity contribution in [2.45, 2.75) is 20.8 Å². The van der Waals surface area contributed by atoms with Gasteiger partial charge in [0.2, 0.25) is 0 Å². The highest BCUT2D eigenvalue weighted by atomic mass is 15.0. The first-order chi connectivity index (χ1) is 6.13. The monoisotopic (exact) mass is 177 g/mol. The van der Waals surface area contributed by atoms with Crippen LogP contribution in [0.25, 0.3) is 0 Å². The second kappa shape index (κ2) is 4.03. The van der Waals surface area contributed by atoms with E-state index in [1.165, 1.54) is 0 Å². The maximum absolute atomic E-state index is 4.34. The fraction of sp³-hybridized carbons (Fsp3) is 0.400. The summed E-state index contributed by atoms with van der Waals surface area (Å²) in [5, 5.41) is 3.17. The lowest BCUT2D eigenvalue weighted by Gasteiger charge is -2.07. The Bertz CT molecular complexity index is 329. The zero-order chi connectivity index (χ0) is 9.84. The fourth-order valence-corrected chi connectivity index (χ4v) is 1.07. The van der Waals surface area contributed by atoms with E-state index in [0.717, 1.165) is 22.9 Å². The van der Waals surface area contributed by atoms with Gasteiger partial charge in [0.1, 0.15) is 0 Å². The minimum absolute atomic E-state index is 0.897. The van der Waals surface area contributed by atoms with Crippen LogP contribution in [0.3, 0.4) is 0 Å². The van der Waals surface area contributed by atoms with Gasteiger partial charge in [-0.25, -0.2) is 0 Å². The first kappa shape index (κ1) is 9.71. The third kappa shape index (κ3) is 2.54. The van der Waals surface area contributed by atoms with E-state index in [0.29, 0.717) is 0 Å². The van der Waals surface area contributed by atoms with Crippen LogP contribution in [0.2, 0.25) is 0 Å². The molecule has 1 aromatic heterocycles. The van der Waals surface area contributed by atoms with E-state index in [2.05, 4.69) is 15.3 Å². The standard InChI is InChI=1S/C10H15N3/c1-7-5-6-10(8(2)12-7)13-9(3)11-4/h5-6H,1-4H3,(H,11,13). The Morgan fingerprint density at radius 2 is 2.08 bits per heavy atom. The van der Waals surface area contributed by atoms with Crippen molar-refractivity contribution < 1.29 is 0 Å². The first-order valence-corrected chi connectivity index (χ1v) is 4.28. The van der Waals surface area contributed by atoms with E-state index in [1.54, 1.807) is 7.05 Å². The maximum Gasteiger partial charge on any atom is 0.0972 e. The largest absolute Gasteiger partial charge is 0.343 e. The topological polar surface area (TPSA) is 37.3 Å². The molecule has 0 fully saturated rings. The van der Waals surface area contributed by atoms with Gasteiger partial charge in [-0.1, -0.05) is 0 Å². The number of nitrogens with zero attached hydrogens (tertiary/aromatic N) is 2. The molecule has 0 bridgehead atoms. The molecule has 70 valence electrons. The average molecular weight is 177 g/mol. The van der Waals surface area contributed by atoms with Crippen molar-refractivity contribution in [3.8, 4) is 0 Å². The van der Waals surface area contributed by atoms with E-state index in [9.17, 15) is 0 Å². The van der Waals surface area contributed by atoms with E-state index >= 15 is 0 Å². The van der Waals surface area contributed by atoms with Gasteiger partial charge in [-0.3, -0.25) is 9.98 Å². The molecule has 0 radical (unpaired) electrons. The second-order valence-corrected chi connectivity index (χ2v) is 3.02. The number of rotatable bonds is 1. The normalized spacial score (nSPS) is 11.5. The molecule has 13 heavy (non-hydrogen) atoms. The van der Waals surface area contributed by atoms with Gasteiger partial charge in [-0.15, -0.1) is 0 Å². The van der Waals surface area contributed by atoms with Crippen molar-refractivity contribution in [2.24, 2.45) is 4.99 Å². The average Bonchev–Trinajstić information content (AvgIpc) is 2.09. The fourth-order valence-electron chi connectivity index (χ4n) is 1.07. The highest BCUT2D eigenvalue weighted by molar-refractivity contribution is 5.93. The molecule has 0 saturated heterocycles. The predicted octanol–water partition coefficient (Wildman–Crippen LogP) is 2.16. The van der Waals surface area contributed by atoms with Crippen molar-refractivity contribution in [1.82, 2.24) is 4.98 Å². The van der Waals surface area contributed by atoms with Crippen LogP contribution in [0.5, 0.6) is 0 Å². The van der Waals surface area contributed by atoms with Crippen molar-refractivity contribution in [3.63, 3.8) is 0 Å². The molecular weight excluding hydrogens is 162 g/mol. The lowest BCUT2D eigenvalue weighted by atomic mass is 10.3. The molecule has 0 aliphatic rings. The van der Waals surface area contributed by atoms with Crippen LogP contribution in [0.1, 0.15) is 18.3 Å². The number of aromatic nitrogens is 1. The number of amidine groups is 1. The van der Waals surface area contributed by atoms with Crippen LogP contribution < -0.4 is 5.32 Å². The molecule has 0 unspecified atom stereocenters. The summed E-state index contributed by atoms with van der Waals surface area (Å²) >= 11 is 0. The summed E-state index contributed by atoms with van der Waals surface area (Å²) in [6.45, 7) is 5.90. The van der Waals surface area contributed by atoms with Gasteiger partial charge in [-0.05, 0) is 32.9 Å². The van der Waals surface area contributed by atoms with E-state index in [-0.39, 0.29) is 0 Å². The Morgan fingerprint density at radius 3 is 2.62 bits per heavy atom. The number of nitrogens with one attached hydrogen (secondary N) is 1. The molecule has 3 heteroatoms. The van der Waals surface area contributed by atoms with Crippen LogP contribution in [0.15, 0.2) is 17.1 Å². The second-order valence-electron chi connectivity index (χ2n) is 3.02. The summed E-state index contributed by atoms with van der Waals surface area (Å²) < 4.78 is 0. The molecule has 3 nitrogen and oxygen atoms in total. The van der Waals surface area contributed by atoms with Crippen LogP contribution in [0, 0.1) is 13.8 Å². The van der Waals surface area contributed by atoms with Crippen molar-refractivity contribution in [2.75, 3.05) is 12.4 Å². The smallest absolute Gasteiger partial charge is 0.0972 e. The van der Waals surface area contributed by atoms with E-state index in [4.69, 9.17) is 0 Å². The van der Waals surface area contributed by atoms with Gasteiger partial charge in [-0.2, -0.15) is 0 Å². The van der Waals surface area contributed by atoms with Gasteiger partial charge in [0, 0.05) is 12.7 Å². The minimum atomic E-state index is 0.897. The molecule has 0 saturated carbocycles. The first-order valence-electron chi connectivity index (χ1n) is 4.28. The third-order valence-corrected chi connectivity index (χ3v) is 1.88. The predicted molar refractivity (Wildman–Crippen MR) is 56.4 cm³/mol. The number of aliphatic imine (C=N–C) groups is 1. The number of anilines is 1. The molecule has 1 aromatic rings. The molecule has 0 aliphatic carbocycles. The zero-order valence-electron chi connectivity index (χ0n) is 8.55. The summed E-state index contributed by atoms with van der Waals surface area (Å²) in [4.78, 5) is 8.37. The van der Waals surface area contributed by atoms with Gasteiger partial charge < -0.3 is 5.32 Å². The third-order valence-electron chi connectivity index (χ3n) is 1.88. The molecule has 0 amide bonds. The highest BCUT2D eigenvalue weighted by Crippen LogP contribution is 2.12. The Morgan fingerprint density at radius 1 is 1.38 bits per heavy atom. The number of hydrogen-bond acceptors (Lipinski definition) is 2. The maximum atomic E-state index is 4.34. The SMILES string of the molecule is CN=C(C)Nc1ccc(C)nc1C. The zero-order valence-corrected chi connectivity index (χ0v) is 8.55. The quantitative estimate of drug-likeness (QED) is 0.527. The molecule has 0 spiro atoms. The van der Waals surface area contributed by atoms with Crippen molar-refractivity contribution in [1.29, 1.82) is 0 Å². The molecule has 1 heterocycles. The Hall–Kier alpha value is -1.38. The summed E-state index contributed by atoms with van der Waals surface area (Å²) in [6, 6.07) is 4.00. The number of aryl methyl sites for hydroxylation is 2. The Kier molecular flexibility index (Phi) is 3.01. The van der Waals surface area contributed by atoms with Crippen LogP contribution in [-0.4, -0.2) is 17.9 Å². The van der Waals surface area contributed by atoms with E-state index < -0.39 is 0 Å². The Balaban J connectivity index is 2.90. The molecule has 1 rings (SSSR count). The Labute approximate surface area is 78.9 Å².